The molecule has 0 saturated carbocycles. The fourth-order valence-electron chi connectivity index (χ4n) is 4.74. The lowest BCUT2D eigenvalue weighted by atomic mass is 9.97. The number of amides is 1. The summed E-state index contributed by atoms with van der Waals surface area (Å²) in [4.78, 5) is 17.4. The monoisotopic (exact) mass is 499 g/mol. The first kappa shape index (κ1) is 23.4. The van der Waals surface area contributed by atoms with Crippen molar-refractivity contribution in [1.29, 1.82) is 0 Å². The number of methoxy groups -OCH3 is 1. The fourth-order valence-corrected chi connectivity index (χ4v) is 6.17. The fraction of sp³-hybridized carbons (Fsp3) is 0.417. The standard InChI is InChI=1S/C24H29N5O5S/c1-33-20-6-2-5-19(16-20)27-12-14-28(15-13-27)24(30)18-4-3-11-29(17-18)35(31,32)23-8-7-22(34-23)21-9-10-25-26-21/h2,5-10,16,18H,3-4,11-15,17H2,1H3,(H,25,26)/t18-/m0/s1. The van der Waals surface area contributed by atoms with E-state index in [1.807, 2.05) is 29.2 Å². The van der Waals surface area contributed by atoms with Gasteiger partial charge in [0.2, 0.25) is 11.0 Å². The lowest BCUT2D eigenvalue weighted by molar-refractivity contribution is -0.137. The highest BCUT2D eigenvalue weighted by atomic mass is 32.2. The molecule has 10 nitrogen and oxygen atoms in total. The largest absolute Gasteiger partial charge is 0.497 e. The number of piperazine rings is 1. The summed E-state index contributed by atoms with van der Waals surface area (Å²) in [6.07, 6.45) is 2.88. The maximum absolute atomic E-state index is 13.3. The number of rotatable bonds is 6. The molecule has 1 N–H and O–H groups in total. The van der Waals surface area contributed by atoms with Gasteiger partial charge in [0.1, 0.15) is 11.4 Å². The predicted octanol–water partition coefficient (Wildman–Crippen LogP) is 2.43. The van der Waals surface area contributed by atoms with Crippen LogP contribution in [0.2, 0.25) is 0 Å². The summed E-state index contributed by atoms with van der Waals surface area (Å²) in [5.41, 5.74) is 1.67. The number of ether oxygens (including phenoxy) is 1. The number of furan rings is 1. The third-order valence-corrected chi connectivity index (χ3v) is 8.42. The highest BCUT2D eigenvalue weighted by Crippen LogP contribution is 2.29. The number of H-pyrrole nitrogens is 1. The molecule has 0 aliphatic carbocycles. The minimum Gasteiger partial charge on any atom is -0.497 e. The van der Waals surface area contributed by atoms with Crippen LogP contribution in [0.5, 0.6) is 5.75 Å². The van der Waals surface area contributed by atoms with Crippen LogP contribution in [0.4, 0.5) is 5.69 Å². The number of piperidine rings is 1. The lowest BCUT2D eigenvalue weighted by Crippen LogP contribution is -2.53. The molecule has 2 aliphatic rings. The van der Waals surface area contributed by atoms with E-state index < -0.39 is 10.0 Å². The number of hydrogen-bond donors (Lipinski definition) is 1. The molecule has 35 heavy (non-hydrogen) atoms. The molecule has 4 heterocycles. The van der Waals surface area contributed by atoms with Gasteiger partial charge in [-0.25, -0.2) is 8.42 Å². The summed E-state index contributed by atoms with van der Waals surface area (Å²) in [6.45, 7) is 3.18. The summed E-state index contributed by atoms with van der Waals surface area (Å²) in [5, 5.41) is 6.51. The zero-order chi connectivity index (χ0) is 24.4. The van der Waals surface area contributed by atoms with E-state index in [9.17, 15) is 13.2 Å². The molecule has 0 spiro atoms. The summed E-state index contributed by atoms with van der Waals surface area (Å²) >= 11 is 0. The highest BCUT2D eigenvalue weighted by molar-refractivity contribution is 7.89. The third-order valence-electron chi connectivity index (χ3n) is 6.68. The summed E-state index contributed by atoms with van der Waals surface area (Å²) in [5.74, 6) is 0.870. The quantitative estimate of drug-likeness (QED) is 0.554. The molecule has 0 radical (unpaired) electrons. The van der Waals surface area contributed by atoms with Gasteiger partial charge in [-0.2, -0.15) is 9.40 Å². The molecule has 2 aliphatic heterocycles. The molecule has 2 aromatic heterocycles. The smallest absolute Gasteiger partial charge is 0.276 e. The number of nitrogens with zero attached hydrogens (tertiary/aromatic N) is 4. The maximum Gasteiger partial charge on any atom is 0.276 e. The van der Waals surface area contributed by atoms with E-state index >= 15 is 0 Å². The van der Waals surface area contributed by atoms with Crippen LogP contribution < -0.4 is 9.64 Å². The Morgan fingerprint density at radius 3 is 2.69 bits per heavy atom. The van der Waals surface area contributed by atoms with Crippen LogP contribution in [0, 0.1) is 5.92 Å². The first-order valence-electron chi connectivity index (χ1n) is 11.7. The van der Waals surface area contributed by atoms with Crippen molar-refractivity contribution in [1.82, 2.24) is 19.4 Å². The molecule has 0 bridgehead atoms. The molecule has 3 aromatic rings. The van der Waals surface area contributed by atoms with Gasteiger partial charge in [0.15, 0.2) is 5.76 Å². The van der Waals surface area contributed by atoms with Crippen molar-refractivity contribution in [2.24, 2.45) is 5.92 Å². The number of carbonyl (C=O) groups is 1. The van der Waals surface area contributed by atoms with E-state index in [1.54, 1.807) is 25.4 Å². The third kappa shape index (κ3) is 4.78. The zero-order valence-electron chi connectivity index (χ0n) is 19.6. The van der Waals surface area contributed by atoms with Crippen molar-refractivity contribution >= 4 is 21.6 Å². The Morgan fingerprint density at radius 1 is 1.11 bits per heavy atom. The average Bonchev–Trinajstić information content (AvgIpc) is 3.61. The van der Waals surface area contributed by atoms with E-state index in [1.165, 1.54) is 10.4 Å². The lowest BCUT2D eigenvalue weighted by Gasteiger charge is -2.39. The number of anilines is 1. The Balaban J connectivity index is 1.21. The number of carbonyl (C=O) groups excluding carboxylic acids is 1. The van der Waals surface area contributed by atoms with Gasteiger partial charge >= 0.3 is 0 Å². The molecule has 2 fully saturated rings. The number of hydrogen-bond acceptors (Lipinski definition) is 7. The molecule has 1 atom stereocenters. The van der Waals surface area contributed by atoms with Gasteiger partial charge in [0.05, 0.1) is 13.0 Å². The van der Waals surface area contributed by atoms with Crippen LogP contribution in [0.1, 0.15) is 12.8 Å². The van der Waals surface area contributed by atoms with E-state index in [-0.39, 0.29) is 23.5 Å². The average molecular weight is 500 g/mol. The highest BCUT2D eigenvalue weighted by Gasteiger charge is 2.37. The number of aromatic nitrogens is 2. The first-order chi connectivity index (χ1) is 17.0. The van der Waals surface area contributed by atoms with Crippen LogP contribution >= 0.6 is 0 Å². The Morgan fingerprint density at radius 2 is 1.94 bits per heavy atom. The van der Waals surface area contributed by atoms with Crippen LogP contribution in [-0.2, 0) is 14.8 Å². The normalized spacial score (nSPS) is 19.6. The topological polar surface area (TPSA) is 112 Å². The summed E-state index contributed by atoms with van der Waals surface area (Å²) in [6, 6.07) is 12.7. The molecule has 1 amide bonds. The van der Waals surface area contributed by atoms with Crippen molar-refractivity contribution in [3.8, 4) is 17.2 Å². The Bertz CT molecular complexity index is 1260. The molecule has 2 saturated heterocycles. The van der Waals surface area contributed by atoms with Gasteiger partial charge in [0.25, 0.3) is 10.0 Å². The van der Waals surface area contributed by atoms with Gasteiger partial charge in [-0.1, -0.05) is 6.07 Å². The maximum atomic E-state index is 13.3. The first-order valence-corrected chi connectivity index (χ1v) is 13.2. The summed E-state index contributed by atoms with van der Waals surface area (Å²) in [7, 11) is -2.19. The summed E-state index contributed by atoms with van der Waals surface area (Å²) < 4.78 is 38.8. The minimum absolute atomic E-state index is 0.0211. The van der Waals surface area contributed by atoms with Crippen molar-refractivity contribution in [2.75, 3.05) is 51.3 Å². The Kier molecular flexibility index (Phi) is 6.52. The molecule has 5 rings (SSSR count). The molecular formula is C24H29N5O5S. The second-order valence-corrected chi connectivity index (χ2v) is 10.7. The van der Waals surface area contributed by atoms with Crippen molar-refractivity contribution in [3.05, 3.63) is 48.7 Å². The second-order valence-electron chi connectivity index (χ2n) is 8.81. The minimum atomic E-state index is -3.84. The van der Waals surface area contributed by atoms with E-state index in [0.717, 1.165) is 24.5 Å². The molecule has 186 valence electrons. The van der Waals surface area contributed by atoms with Gasteiger partial charge in [-0.05, 0) is 43.2 Å². The number of benzene rings is 1. The molecule has 0 unspecified atom stereocenters. The number of nitrogens with one attached hydrogen (secondary N) is 1. The van der Waals surface area contributed by atoms with Gasteiger partial charge in [0, 0.05) is 57.2 Å². The van der Waals surface area contributed by atoms with Crippen LogP contribution in [0.15, 0.2) is 58.2 Å². The van der Waals surface area contributed by atoms with Crippen LogP contribution in [0.3, 0.4) is 0 Å². The number of aromatic amines is 1. The number of sulfonamides is 1. The van der Waals surface area contributed by atoms with Gasteiger partial charge < -0.3 is 19.0 Å². The predicted molar refractivity (Wildman–Crippen MR) is 130 cm³/mol. The molecule has 11 heteroatoms. The molecular weight excluding hydrogens is 470 g/mol. The van der Waals surface area contributed by atoms with Gasteiger partial charge in [-0.15, -0.1) is 0 Å². The van der Waals surface area contributed by atoms with Crippen LogP contribution in [-0.4, -0.2) is 80.1 Å². The van der Waals surface area contributed by atoms with E-state index in [4.69, 9.17) is 9.15 Å². The van der Waals surface area contributed by atoms with E-state index in [0.29, 0.717) is 43.9 Å². The van der Waals surface area contributed by atoms with Gasteiger partial charge in [-0.3, -0.25) is 9.89 Å². The van der Waals surface area contributed by atoms with E-state index in [2.05, 4.69) is 15.1 Å². The van der Waals surface area contributed by atoms with Crippen molar-refractivity contribution < 1.29 is 22.4 Å². The Labute approximate surface area is 204 Å². The zero-order valence-corrected chi connectivity index (χ0v) is 20.4. The van der Waals surface area contributed by atoms with Crippen LogP contribution in [0.25, 0.3) is 11.5 Å². The van der Waals surface area contributed by atoms with Crippen molar-refractivity contribution in [3.63, 3.8) is 0 Å². The SMILES string of the molecule is COc1cccc(N2CCN(C(=O)[C@H]3CCCN(S(=O)(=O)c4ccc(-c5ccn[nH]5)o4)C3)CC2)c1. The van der Waals surface area contributed by atoms with Crippen molar-refractivity contribution in [2.45, 2.75) is 17.9 Å². The molecule has 1 aromatic carbocycles. The second kappa shape index (κ2) is 9.74. The Hall–Kier alpha value is -3.31.